The number of rotatable bonds is 6. The van der Waals surface area contributed by atoms with Crippen LogP contribution in [0.2, 0.25) is 0 Å². The highest BCUT2D eigenvalue weighted by atomic mass is 16.1. The average Bonchev–Trinajstić information content (AvgIpc) is 2.58. The van der Waals surface area contributed by atoms with Crippen molar-refractivity contribution in [2.45, 2.75) is 26.2 Å². The summed E-state index contributed by atoms with van der Waals surface area (Å²) in [5.74, 6) is 0.616. The Bertz CT molecular complexity index is 704. The summed E-state index contributed by atoms with van der Waals surface area (Å²) < 4.78 is 0. The highest BCUT2D eigenvalue weighted by Crippen LogP contribution is 2.22. The van der Waals surface area contributed by atoms with Crippen molar-refractivity contribution in [3.05, 3.63) is 47.7 Å². The van der Waals surface area contributed by atoms with Gasteiger partial charge in [-0.15, -0.1) is 5.10 Å². The van der Waals surface area contributed by atoms with E-state index in [1.807, 2.05) is 49.3 Å². The van der Waals surface area contributed by atoms with E-state index < -0.39 is 0 Å². The molecular weight excluding hydrogens is 314 g/mol. The molecule has 0 bridgehead atoms. The van der Waals surface area contributed by atoms with E-state index in [0.29, 0.717) is 24.5 Å². The number of nitrogens with zero attached hydrogens (tertiary/aromatic N) is 3. The molecule has 2 N–H and O–H groups in total. The third-order valence-corrected chi connectivity index (χ3v) is 3.89. The summed E-state index contributed by atoms with van der Waals surface area (Å²) in [6.45, 7) is 7.55. The first-order valence-electron chi connectivity index (χ1n) is 8.40. The fourth-order valence-electron chi connectivity index (χ4n) is 2.28. The SMILES string of the molecule is CN(C)c1cnnc(NCCNC(=O)c2ccc(C(C)(C)C)cc2)c1. The van der Waals surface area contributed by atoms with E-state index in [0.717, 1.165) is 5.69 Å². The Morgan fingerprint density at radius 2 is 1.80 bits per heavy atom. The van der Waals surface area contributed by atoms with Crippen molar-refractivity contribution < 1.29 is 4.79 Å². The minimum atomic E-state index is -0.0737. The van der Waals surface area contributed by atoms with Gasteiger partial charge in [-0.05, 0) is 23.1 Å². The molecule has 1 heterocycles. The van der Waals surface area contributed by atoms with Crippen LogP contribution in [0.3, 0.4) is 0 Å². The molecule has 0 fully saturated rings. The van der Waals surface area contributed by atoms with Gasteiger partial charge in [-0.2, -0.15) is 5.10 Å². The van der Waals surface area contributed by atoms with Gasteiger partial charge < -0.3 is 15.5 Å². The molecular formula is C19H27N5O. The molecule has 134 valence electrons. The van der Waals surface area contributed by atoms with Crippen molar-refractivity contribution in [3.63, 3.8) is 0 Å². The molecule has 6 nitrogen and oxygen atoms in total. The molecule has 0 atom stereocenters. The van der Waals surface area contributed by atoms with Gasteiger partial charge in [0.25, 0.3) is 5.91 Å². The van der Waals surface area contributed by atoms with Crippen LogP contribution >= 0.6 is 0 Å². The van der Waals surface area contributed by atoms with Crippen LogP contribution in [0.5, 0.6) is 0 Å². The van der Waals surface area contributed by atoms with E-state index in [1.165, 1.54) is 5.56 Å². The van der Waals surface area contributed by atoms with Crippen LogP contribution < -0.4 is 15.5 Å². The van der Waals surface area contributed by atoms with Crippen molar-refractivity contribution in [2.24, 2.45) is 0 Å². The lowest BCUT2D eigenvalue weighted by Gasteiger charge is -2.19. The van der Waals surface area contributed by atoms with E-state index in [9.17, 15) is 4.79 Å². The summed E-state index contributed by atoms with van der Waals surface area (Å²) in [5.41, 5.74) is 2.94. The molecule has 0 saturated carbocycles. The highest BCUT2D eigenvalue weighted by molar-refractivity contribution is 5.94. The van der Waals surface area contributed by atoms with Crippen molar-refractivity contribution in [1.29, 1.82) is 0 Å². The molecule has 0 unspecified atom stereocenters. The predicted molar refractivity (Wildman–Crippen MR) is 102 cm³/mol. The molecule has 2 rings (SSSR count). The molecule has 0 saturated heterocycles. The second-order valence-electron chi connectivity index (χ2n) is 7.20. The molecule has 0 spiro atoms. The minimum Gasteiger partial charge on any atom is -0.376 e. The van der Waals surface area contributed by atoms with Crippen LogP contribution in [0.15, 0.2) is 36.5 Å². The van der Waals surface area contributed by atoms with Gasteiger partial charge in [-0.1, -0.05) is 32.9 Å². The molecule has 25 heavy (non-hydrogen) atoms. The van der Waals surface area contributed by atoms with Crippen molar-refractivity contribution in [3.8, 4) is 0 Å². The highest BCUT2D eigenvalue weighted by Gasteiger charge is 2.14. The summed E-state index contributed by atoms with van der Waals surface area (Å²) in [7, 11) is 3.90. The quantitative estimate of drug-likeness (QED) is 0.791. The lowest BCUT2D eigenvalue weighted by molar-refractivity contribution is 0.0955. The average molecular weight is 341 g/mol. The Balaban J connectivity index is 1.81. The Hall–Kier alpha value is -2.63. The molecule has 1 amide bonds. The number of benzene rings is 1. The molecule has 0 aliphatic carbocycles. The second-order valence-corrected chi connectivity index (χ2v) is 7.20. The monoisotopic (exact) mass is 341 g/mol. The Morgan fingerprint density at radius 1 is 1.12 bits per heavy atom. The maximum atomic E-state index is 12.2. The summed E-state index contributed by atoms with van der Waals surface area (Å²) in [6.07, 6.45) is 1.70. The number of nitrogens with one attached hydrogen (secondary N) is 2. The summed E-state index contributed by atoms with van der Waals surface area (Å²) in [5, 5.41) is 14.0. The molecule has 6 heteroatoms. The number of carbonyl (C=O) groups is 1. The van der Waals surface area contributed by atoms with Gasteiger partial charge in [0.2, 0.25) is 0 Å². The van der Waals surface area contributed by atoms with Crippen LogP contribution in [-0.4, -0.2) is 43.3 Å². The van der Waals surface area contributed by atoms with Crippen molar-refractivity contribution in [2.75, 3.05) is 37.4 Å². The van der Waals surface area contributed by atoms with E-state index in [2.05, 4.69) is 41.6 Å². The largest absolute Gasteiger partial charge is 0.376 e. The predicted octanol–water partition coefficient (Wildman–Crippen LogP) is 2.68. The summed E-state index contributed by atoms with van der Waals surface area (Å²) in [6, 6.07) is 9.68. The van der Waals surface area contributed by atoms with Gasteiger partial charge in [0.05, 0.1) is 11.9 Å². The number of hydrogen-bond donors (Lipinski definition) is 2. The number of carbonyl (C=O) groups excluding carboxylic acids is 1. The first-order valence-corrected chi connectivity index (χ1v) is 8.40. The van der Waals surface area contributed by atoms with Crippen LogP contribution in [0, 0.1) is 0 Å². The molecule has 0 aliphatic heterocycles. The number of aromatic nitrogens is 2. The van der Waals surface area contributed by atoms with Crippen molar-refractivity contribution >= 4 is 17.4 Å². The first-order chi connectivity index (χ1) is 11.8. The number of amides is 1. The summed E-state index contributed by atoms with van der Waals surface area (Å²) in [4.78, 5) is 14.1. The standard InChI is InChI=1S/C19H27N5O/c1-19(2,3)15-8-6-14(7-9-15)18(25)21-11-10-20-17-12-16(24(4)5)13-22-23-17/h6-9,12-13H,10-11H2,1-5H3,(H,20,23)(H,21,25). The maximum Gasteiger partial charge on any atom is 0.251 e. The lowest BCUT2D eigenvalue weighted by atomic mass is 9.87. The van der Waals surface area contributed by atoms with Gasteiger partial charge in [0.1, 0.15) is 0 Å². The fraction of sp³-hybridized carbons (Fsp3) is 0.421. The molecule has 0 radical (unpaired) electrons. The number of anilines is 2. The van der Waals surface area contributed by atoms with E-state index in [4.69, 9.17) is 0 Å². The van der Waals surface area contributed by atoms with Crippen LogP contribution in [0.1, 0.15) is 36.7 Å². The van der Waals surface area contributed by atoms with E-state index in [1.54, 1.807) is 6.20 Å². The van der Waals surface area contributed by atoms with Gasteiger partial charge in [0.15, 0.2) is 5.82 Å². The minimum absolute atomic E-state index is 0.0737. The zero-order valence-corrected chi connectivity index (χ0v) is 15.6. The topological polar surface area (TPSA) is 70.2 Å². The Labute approximate surface area is 149 Å². The molecule has 1 aromatic carbocycles. The lowest BCUT2D eigenvalue weighted by Crippen LogP contribution is -2.29. The fourth-order valence-corrected chi connectivity index (χ4v) is 2.28. The van der Waals surface area contributed by atoms with Crippen LogP contribution in [0.25, 0.3) is 0 Å². The zero-order valence-electron chi connectivity index (χ0n) is 15.6. The number of hydrogen-bond acceptors (Lipinski definition) is 5. The van der Waals surface area contributed by atoms with E-state index in [-0.39, 0.29) is 11.3 Å². The smallest absolute Gasteiger partial charge is 0.251 e. The molecule has 0 aliphatic rings. The van der Waals surface area contributed by atoms with E-state index >= 15 is 0 Å². The third kappa shape index (κ3) is 5.45. The molecule has 1 aromatic heterocycles. The maximum absolute atomic E-state index is 12.2. The molecule has 2 aromatic rings. The van der Waals surface area contributed by atoms with Crippen molar-refractivity contribution in [1.82, 2.24) is 15.5 Å². The second kappa shape index (κ2) is 7.96. The zero-order chi connectivity index (χ0) is 18.4. The van der Waals surface area contributed by atoms with Gasteiger partial charge >= 0.3 is 0 Å². The normalized spacial score (nSPS) is 11.1. The van der Waals surface area contributed by atoms with Gasteiger partial charge in [-0.3, -0.25) is 4.79 Å². The summed E-state index contributed by atoms with van der Waals surface area (Å²) >= 11 is 0. The van der Waals surface area contributed by atoms with Gasteiger partial charge in [0, 0.05) is 38.8 Å². The first kappa shape index (κ1) is 18.7. The van der Waals surface area contributed by atoms with Crippen LogP contribution in [0.4, 0.5) is 11.5 Å². The Kier molecular flexibility index (Phi) is 5.96. The third-order valence-electron chi connectivity index (χ3n) is 3.89. The van der Waals surface area contributed by atoms with Crippen LogP contribution in [-0.2, 0) is 5.41 Å². The Morgan fingerprint density at radius 3 is 2.40 bits per heavy atom. The van der Waals surface area contributed by atoms with Gasteiger partial charge in [-0.25, -0.2) is 0 Å².